The fourth-order valence-electron chi connectivity index (χ4n) is 1.31. The van der Waals surface area contributed by atoms with Gasteiger partial charge in [0.1, 0.15) is 4.21 Å². The van der Waals surface area contributed by atoms with E-state index in [-0.39, 0.29) is 14.9 Å². The molecule has 1 aromatic rings. The van der Waals surface area contributed by atoms with Crippen LogP contribution in [0.1, 0.15) is 13.3 Å². The van der Waals surface area contributed by atoms with Crippen molar-refractivity contribution >= 4 is 38.0 Å². The lowest BCUT2D eigenvalue weighted by atomic mass is 10.4. The summed E-state index contributed by atoms with van der Waals surface area (Å²) in [5.41, 5.74) is -0.297. The number of rotatable bonds is 8. The first-order chi connectivity index (χ1) is 9.81. The lowest BCUT2D eigenvalue weighted by Gasteiger charge is -2.03. The number of thiophene rings is 1. The summed E-state index contributed by atoms with van der Waals surface area (Å²) in [4.78, 5) is 21.3. The SMILES string of the molecule is CCCNc1sc(S(=O)(=O)NCC(=O)NC)cc1[N+](=O)[O-]. The second-order valence-corrected chi connectivity index (χ2v) is 7.01. The lowest BCUT2D eigenvalue weighted by molar-refractivity contribution is -0.383. The Morgan fingerprint density at radius 1 is 1.48 bits per heavy atom. The highest BCUT2D eigenvalue weighted by Crippen LogP contribution is 2.36. The molecule has 3 N–H and O–H groups in total. The van der Waals surface area contributed by atoms with Crippen molar-refractivity contribution in [2.75, 3.05) is 25.5 Å². The molecule has 0 bridgehead atoms. The summed E-state index contributed by atoms with van der Waals surface area (Å²) < 4.78 is 25.8. The molecule has 9 nitrogen and oxygen atoms in total. The van der Waals surface area contributed by atoms with Gasteiger partial charge in [-0.3, -0.25) is 14.9 Å². The number of hydrogen-bond acceptors (Lipinski definition) is 7. The highest BCUT2D eigenvalue weighted by Gasteiger charge is 2.26. The third-order valence-corrected chi connectivity index (χ3v) is 5.35. The van der Waals surface area contributed by atoms with E-state index in [1.807, 2.05) is 6.92 Å². The van der Waals surface area contributed by atoms with Crippen LogP contribution in [0.3, 0.4) is 0 Å². The predicted octanol–water partition coefficient (Wildman–Crippen LogP) is 0.502. The van der Waals surface area contributed by atoms with Crippen molar-refractivity contribution in [3.63, 3.8) is 0 Å². The zero-order valence-corrected chi connectivity index (χ0v) is 13.1. The van der Waals surface area contributed by atoms with Gasteiger partial charge < -0.3 is 10.6 Å². The van der Waals surface area contributed by atoms with Crippen LogP contribution >= 0.6 is 11.3 Å². The van der Waals surface area contributed by atoms with E-state index in [4.69, 9.17) is 0 Å². The van der Waals surface area contributed by atoms with Crippen LogP contribution in [0.15, 0.2) is 10.3 Å². The average molecular weight is 336 g/mol. The zero-order valence-electron chi connectivity index (χ0n) is 11.5. The molecule has 11 heteroatoms. The molecule has 0 aromatic carbocycles. The van der Waals surface area contributed by atoms with Gasteiger partial charge >= 0.3 is 5.69 Å². The van der Waals surface area contributed by atoms with E-state index >= 15 is 0 Å². The quantitative estimate of drug-likeness (QED) is 0.468. The lowest BCUT2D eigenvalue weighted by Crippen LogP contribution is -2.34. The van der Waals surface area contributed by atoms with Crippen molar-refractivity contribution in [2.45, 2.75) is 17.6 Å². The van der Waals surface area contributed by atoms with Gasteiger partial charge in [-0.1, -0.05) is 18.3 Å². The zero-order chi connectivity index (χ0) is 16.0. The van der Waals surface area contributed by atoms with E-state index < -0.39 is 27.4 Å². The van der Waals surface area contributed by atoms with Crippen molar-refractivity contribution < 1.29 is 18.1 Å². The van der Waals surface area contributed by atoms with Gasteiger partial charge in [0.25, 0.3) is 10.0 Å². The van der Waals surface area contributed by atoms with Crippen LogP contribution in [0, 0.1) is 10.1 Å². The number of nitro groups is 1. The summed E-state index contributed by atoms with van der Waals surface area (Å²) in [7, 11) is -2.59. The second kappa shape index (κ2) is 7.33. The summed E-state index contributed by atoms with van der Waals surface area (Å²) in [6.45, 7) is 1.95. The molecule has 0 unspecified atom stereocenters. The summed E-state index contributed by atoms with van der Waals surface area (Å²) >= 11 is 0.759. The second-order valence-electron chi connectivity index (χ2n) is 3.96. The van der Waals surface area contributed by atoms with Crippen LogP contribution in [-0.4, -0.2) is 39.4 Å². The standard InChI is InChI=1S/C10H16N4O5S2/c1-3-4-12-10-7(14(16)17)5-9(20-10)21(18,19)13-6-8(15)11-2/h5,12-13H,3-4,6H2,1-2H3,(H,11,15). The Labute approximate surface area is 125 Å². The van der Waals surface area contributed by atoms with Gasteiger partial charge in [-0.25, -0.2) is 13.1 Å². The number of nitrogens with zero attached hydrogens (tertiary/aromatic N) is 1. The molecule has 118 valence electrons. The van der Waals surface area contributed by atoms with Crippen molar-refractivity contribution in [1.82, 2.24) is 10.0 Å². The average Bonchev–Trinajstić information content (AvgIpc) is 2.87. The fraction of sp³-hybridized carbons (Fsp3) is 0.500. The molecule has 0 saturated heterocycles. The molecule has 21 heavy (non-hydrogen) atoms. The molecule has 0 fully saturated rings. The predicted molar refractivity (Wildman–Crippen MR) is 79.0 cm³/mol. The maximum Gasteiger partial charge on any atom is 0.304 e. The van der Waals surface area contributed by atoms with Gasteiger partial charge in [-0.15, -0.1) is 0 Å². The largest absolute Gasteiger partial charge is 0.371 e. The molecular weight excluding hydrogens is 320 g/mol. The minimum atomic E-state index is -3.96. The summed E-state index contributed by atoms with van der Waals surface area (Å²) in [6, 6.07) is 0.981. The molecular formula is C10H16N4O5S2. The minimum Gasteiger partial charge on any atom is -0.371 e. The topological polar surface area (TPSA) is 130 Å². The number of amides is 1. The van der Waals surface area contributed by atoms with Crippen molar-refractivity contribution in [3.05, 3.63) is 16.2 Å². The normalized spacial score (nSPS) is 11.1. The van der Waals surface area contributed by atoms with Crippen molar-refractivity contribution in [3.8, 4) is 0 Å². The molecule has 1 heterocycles. The minimum absolute atomic E-state index is 0.183. The maximum absolute atomic E-state index is 12.0. The molecule has 0 aliphatic heterocycles. The monoisotopic (exact) mass is 336 g/mol. The molecule has 1 rings (SSSR count). The Morgan fingerprint density at radius 2 is 2.14 bits per heavy atom. The van der Waals surface area contributed by atoms with Gasteiger partial charge in [0.05, 0.1) is 11.5 Å². The number of carbonyl (C=O) groups is 1. The van der Waals surface area contributed by atoms with Crippen LogP contribution < -0.4 is 15.4 Å². The summed E-state index contributed by atoms with van der Waals surface area (Å²) in [5, 5.41) is 16.2. The third-order valence-electron chi connectivity index (χ3n) is 2.39. The van der Waals surface area contributed by atoms with E-state index in [9.17, 15) is 23.3 Å². The van der Waals surface area contributed by atoms with Crippen molar-refractivity contribution in [1.29, 1.82) is 0 Å². The number of sulfonamides is 1. The van der Waals surface area contributed by atoms with Crippen LogP contribution in [0.2, 0.25) is 0 Å². The first-order valence-corrected chi connectivity index (χ1v) is 8.34. The maximum atomic E-state index is 12.0. The highest BCUT2D eigenvalue weighted by molar-refractivity contribution is 7.91. The van der Waals surface area contributed by atoms with E-state index in [2.05, 4.69) is 15.4 Å². The number of hydrogen-bond donors (Lipinski definition) is 3. The number of anilines is 1. The smallest absolute Gasteiger partial charge is 0.304 e. The number of carbonyl (C=O) groups excluding carboxylic acids is 1. The van der Waals surface area contributed by atoms with Gasteiger partial charge in [0.2, 0.25) is 5.91 Å². The van der Waals surface area contributed by atoms with Gasteiger partial charge in [-0.2, -0.15) is 0 Å². The summed E-state index contributed by atoms with van der Waals surface area (Å²) in [6.07, 6.45) is 0.742. The van der Waals surface area contributed by atoms with Crippen LogP contribution in [-0.2, 0) is 14.8 Å². The molecule has 0 saturated carbocycles. The van der Waals surface area contributed by atoms with E-state index in [0.717, 1.165) is 23.8 Å². The molecule has 0 aliphatic carbocycles. The Kier molecular flexibility index (Phi) is 6.05. The Morgan fingerprint density at radius 3 is 2.67 bits per heavy atom. The highest BCUT2D eigenvalue weighted by atomic mass is 32.2. The number of nitrogens with one attached hydrogen (secondary N) is 3. The Hall–Kier alpha value is -1.72. The van der Waals surface area contributed by atoms with E-state index in [1.165, 1.54) is 7.05 Å². The Balaban J connectivity index is 3.01. The summed E-state index contributed by atoms with van der Waals surface area (Å²) in [5.74, 6) is -0.506. The number of likely N-dealkylation sites (N-methyl/N-ethyl adjacent to an activating group) is 1. The molecule has 0 spiro atoms. The molecule has 1 amide bonds. The fourth-order valence-corrected chi connectivity index (χ4v) is 3.69. The Bertz CT molecular complexity index is 625. The van der Waals surface area contributed by atoms with Crippen molar-refractivity contribution in [2.24, 2.45) is 0 Å². The molecule has 0 atom stereocenters. The first kappa shape index (κ1) is 17.3. The molecule has 0 aliphatic rings. The third kappa shape index (κ3) is 4.65. The first-order valence-electron chi connectivity index (χ1n) is 6.04. The van der Waals surface area contributed by atoms with E-state index in [1.54, 1.807) is 0 Å². The van der Waals surface area contributed by atoms with Gasteiger partial charge in [-0.05, 0) is 6.42 Å². The van der Waals surface area contributed by atoms with Gasteiger partial charge in [0, 0.05) is 19.7 Å². The van der Waals surface area contributed by atoms with Crippen LogP contribution in [0.5, 0.6) is 0 Å². The van der Waals surface area contributed by atoms with Gasteiger partial charge in [0.15, 0.2) is 5.00 Å². The van der Waals surface area contributed by atoms with E-state index in [0.29, 0.717) is 6.54 Å². The molecule has 1 aromatic heterocycles. The van der Waals surface area contributed by atoms with Crippen LogP contribution in [0.25, 0.3) is 0 Å². The molecule has 0 radical (unpaired) electrons. The van der Waals surface area contributed by atoms with Crippen LogP contribution in [0.4, 0.5) is 10.7 Å².